The van der Waals surface area contributed by atoms with Crippen molar-refractivity contribution in [3.63, 3.8) is 0 Å². The number of carbonyl (C=O) groups excluding carboxylic acids is 7. The molecule has 0 aromatic heterocycles. The number of nitrogens with one attached hydrogen (secondary N) is 4. The van der Waals surface area contributed by atoms with Gasteiger partial charge in [-0.15, -0.1) is 0 Å². The molecule has 0 bridgehead atoms. The van der Waals surface area contributed by atoms with Crippen molar-refractivity contribution in [1.29, 1.82) is 0 Å². The third kappa shape index (κ3) is 41.8. The molecule has 5 amide bonds. The van der Waals surface area contributed by atoms with Crippen LogP contribution in [0, 0.1) is 37.0 Å². The number of carboxylic acid groups (broad SMARTS) is 1. The van der Waals surface area contributed by atoms with E-state index in [1.165, 1.54) is 37.1 Å². The quantitative estimate of drug-likeness (QED) is 0.0139. The Morgan fingerprint density at radius 2 is 1.40 bits per heavy atom. The normalized spacial score (nSPS) is 13.4. The molecule has 1 fully saturated rings. The molecule has 1 aliphatic heterocycles. The summed E-state index contributed by atoms with van der Waals surface area (Å²) >= 11 is 0. The summed E-state index contributed by atoms with van der Waals surface area (Å²) in [5.74, 6) is -2.08. The molecule has 1 heterocycles. The SMILES string of the molecule is CCCCC(=O)O.CCCN(CC=O)CCC(C)CC.CCCN(CCC)CC(=O)NCCCCC(NC(=O)CCc1ccc(OS(=O)(=O)F)cc1)C(=O)NCc1ccc(C(=O)NC(C)C(=O)N2CCCC2[B]O)cc1.CC[C-]=O.CO.[U]. The Labute approximate surface area is 519 Å². The van der Waals surface area contributed by atoms with Gasteiger partial charge in [0.05, 0.1) is 13.1 Å². The van der Waals surface area contributed by atoms with Crippen LogP contribution in [0.4, 0.5) is 3.89 Å². The average Bonchev–Trinajstić information content (AvgIpc) is 4.01. The Morgan fingerprint density at radius 3 is 1.90 bits per heavy atom. The molecular weight excluding hydrogens is 1320 g/mol. The van der Waals surface area contributed by atoms with Crippen LogP contribution >= 0.6 is 0 Å². The molecule has 7 N–H and O–H groups in total. The number of aliphatic hydroxyl groups excluding tert-OH is 1. The fourth-order valence-corrected chi connectivity index (χ4v) is 8.37. The van der Waals surface area contributed by atoms with Crippen LogP contribution in [-0.2, 0) is 57.0 Å². The van der Waals surface area contributed by atoms with Gasteiger partial charge in [-0.1, -0.05) is 89.5 Å². The molecule has 2 aromatic rings. The monoisotopic (exact) mass is 1420 g/mol. The number of likely N-dealkylation sites (tertiary alicyclic amines) is 1. The van der Waals surface area contributed by atoms with Gasteiger partial charge in [0.15, 0.2) is 0 Å². The predicted molar refractivity (Wildman–Crippen MR) is 317 cm³/mol. The summed E-state index contributed by atoms with van der Waals surface area (Å²) in [5.41, 5.74) is 1.68. The van der Waals surface area contributed by atoms with E-state index in [-0.39, 0.29) is 74.0 Å². The first-order valence-electron chi connectivity index (χ1n) is 28.8. The second-order valence-corrected chi connectivity index (χ2v) is 20.6. The molecule has 0 aliphatic carbocycles. The molecule has 1 radical (unpaired) electrons. The van der Waals surface area contributed by atoms with Crippen molar-refractivity contribution in [2.75, 3.05) is 59.5 Å². The first-order chi connectivity index (χ1) is 39.1. The molecule has 21 nitrogen and oxygen atoms in total. The number of aldehydes is 1. The molecule has 1 aliphatic rings. The van der Waals surface area contributed by atoms with Crippen LogP contribution in [0.2, 0.25) is 0 Å². The minimum Gasteiger partial charge on any atom is -0.542 e. The maximum Gasteiger partial charge on any atom is 0.488 e. The fraction of sp³-hybridized carbons (Fsp3) is 0.655. The zero-order valence-electron chi connectivity index (χ0n) is 50.7. The number of hydrogen-bond donors (Lipinski definition) is 7. The molecule has 83 heavy (non-hydrogen) atoms. The molecule has 2 aromatic carbocycles. The van der Waals surface area contributed by atoms with Gasteiger partial charge in [-0.2, -0.15) is 14.8 Å². The van der Waals surface area contributed by atoms with E-state index in [1.807, 2.05) is 6.92 Å². The second-order valence-electron chi connectivity index (χ2n) is 19.6. The van der Waals surface area contributed by atoms with E-state index < -0.39 is 46.3 Å². The van der Waals surface area contributed by atoms with E-state index >= 15 is 0 Å². The number of rotatable bonds is 36. The average molecular weight is 1420 g/mol. The predicted octanol–water partition coefficient (Wildman–Crippen LogP) is 5.81. The second kappa shape index (κ2) is 51.6. The van der Waals surface area contributed by atoms with Crippen LogP contribution in [-0.4, -0.2) is 171 Å². The van der Waals surface area contributed by atoms with E-state index in [1.54, 1.807) is 49.3 Å². The van der Waals surface area contributed by atoms with Crippen LogP contribution in [0.1, 0.15) is 173 Å². The molecule has 1 saturated heterocycles. The van der Waals surface area contributed by atoms with Crippen molar-refractivity contribution in [2.24, 2.45) is 5.92 Å². The van der Waals surface area contributed by atoms with Crippen LogP contribution in [0.3, 0.4) is 0 Å². The number of nitrogens with zero attached hydrogens (tertiary/aromatic N) is 3. The number of aliphatic hydroxyl groups is 1. The van der Waals surface area contributed by atoms with E-state index in [2.05, 4.69) is 69.9 Å². The maximum atomic E-state index is 13.4. The summed E-state index contributed by atoms with van der Waals surface area (Å²) in [6.45, 7) is 21.9. The van der Waals surface area contributed by atoms with Gasteiger partial charge in [-0.25, -0.2) is 0 Å². The topological polar surface area (TPSA) is 298 Å². The summed E-state index contributed by atoms with van der Waals surface area (Å²) in [6, 6.07) is 10.4. The van der Waals surface area contributed by atoms with Gasteiger partial charge in [-0.05, 0) is 145 Å². The molecule has 469 valence electrons. The van der Waals surface area contributed by atoms with Crippen LogP contribution < -0.4 is 25.5 Å². The Balaban J connectivity index is -0.00000196. The number of amides is 5. The zero-order valence-corrected chi connectivity index (χ0v) is 55.7. The molecule has 0 spiro atoms. The van der Waals surface area contributed by atoms with Gasteiger partial charge < -0.3 is 55.2 Å². The summed E-state index contributed by atoms with van der Waals surface area (Å²) in [7, 11) is -3.16. The Kier molecular flexibility index (Phi) is 51.3. The maximum absolute atomic E-state index is 13.4. The number of aryl methyl sites for hydroxylation is 1. The Bertz CT molecular complexity index is 2200. The summed E-state index contributed by atoms with van der Waals surface area (Å²) in [5, 5.41) is 35.7. The van der Waals surface area contributed by atoms with Gasteiger partial charge in [-0.3, -0.25) is 44.9 Å². The summed E-state index contributed by atoms with van der Waals surface area (Å²) < 4.78 is 38.5. The van der Waals surface area contributed by atoms with E-state index in [0.29, 0.717) is 81.4 Å². The number of benzene rings is 2. The first-order valence-corrected chi connectivity index (χ1v) is 30.1. The number of halogens is 1. The number of aliphatic carboxylic acids is 1. The van der Waals surface area contributed by atoms with Crippen LogP contribution in [0.5, 0.6) is 5.75 Å². The van der Waals surface area contributed by atoms with Gasteiger partial charge >= 0.3 is 24.0 Å². The van der Waals surface area contributed by atoms with Crippen molar-refractivity contribution in [3.05, 3.63) is 65.2 Å². The van der Waals surface area contributed by atoms with Crippen molar-refractivity contribution in [1.82, 2.24) is 36.0 Å². The summed E-state index contributed by atoms with van der Waals surface area (Å²) in [4.78, 5) is 99.6. The molecular formula is C58H97BFN7O14SU-. The van der Waals surface area contributed by atoms with Gasteiger partial charge in [0.25, 0.3) is 5.91 Å². The van der Waals surface area contributed by atoms with Crippen LogP contribution in [0.25, 0.3) is 0 Å². The molecule has 25 heteroatoms. The number of carbonyl (C=O) groups is 7. The fourth-order valence-electron chi connectivity index (χ4n) is 8.03. The molecule has 3 rings (SSSR count). The minimum atomic E-state index is -5.16. The van der Waals surface area contributed by atoms with E-state index in [4.69, 9.17) is 15.0 Å². The summed E-state index contributed by atoms with van der Waals surface area (Å²) in [6.07, 6.45) is 13.9. The van der Waals surface area contributed by atoms with Crippen LogP contribution in [0.15, 0.2) is 48.5 Å². The van der Waals surface area contributed by atoms with Gasteiger partial charge in [0.1, 0.15) is 24.1 Å². The van der Waals surface area contributed by atoms with Crippen molar-refractivity contribution in [3.8, 4) is 5.75 Å². The van der Waals surface area contributed by atoms with Crippen molar-refractivity contribution in [2.45, 2.75) is 183 Å². The Morgan fingerprint density at radius 1 is 0.807 bits per heavy atom. The van der Waals surface area contributed by atoms with Gasteiger partial charge in [0.2, 0.25) is 23.6 Å². The third-order valence-corrected chi connectivity index (χ3v) is 13.0. The Hall–Kier alpha value is -4.76. The number of unbranched alkanes of at least 4 members (excludes halogenated alkanes) is 2. The first kappa shape index (κ1) is 82.5. The van der Waals surface area contributed by atoms with E-state index in [0.717, 1.165) is 91.5 Å². The minimum absolute atomic E-state index is 0. The number of carboxylic acids is 1. The van der Waals surface area contributed by atoms with E-state index in [9.17, 15) is 50.9 Å². The molecule has 4 unspecified atom stereocenters. The number of hydrogen-bond acceptors (Lipinski definition) is 15. The standard InChI is InChI=1S/C38H55BFN6O9S.C11H23NO.C5H10O2.C3H5O.CH4O.U/c1-4-22-45(23-5-2)26-35(48)41-21-7-6-9-32(44-34(47)20-15-28-13-18-31(19-14-28)55-56(40,53)54)37(50)42-25-29-11-16-30(17-12-29)36(49)43-27(3)38(51)46-24-8-10-33(46)39-52;1-4-7-12(9-10-13)8-6-11(3)5-2;1-2-3-4-5(6)7;1-2-3-4;1-2;/h11-14,16-19,27,32-33,52H,4-10,15,20-26H2,1-3H3,(H,41,48)(H,42,50)(H,43,49)(H,44,47);10-11H,4-9H2,1-3H3;2-4H2,1H3,(H,6,7);2H2,1H3;2H,1H3;/q;;;-1;;. The van der Waals surface area contributed by atoms with Crippen molar-refractivity contribution < 1.29 is 101 Å². The zero-order chi connectivity index (χ0) is 62.3. The largest absolute Gasteiger partial charge is 0.542 e. The third-order valence-electron chi connectivity index (χ3n) is 12.7. The van der Waals surface area contributed by atoms with Crippen molar-refractivity contribution >= 4 is 66.1 Å². The molecule has 4 atom stereocenters. The molecule has 0 saturated carbocycles. The smallest absolute Gasteiger partial charge is 0.488 e. The van der Waals surface area contributed by atoms with Gasteiger partial charge in [0, 0.05) is 82.2 Å².